The number of aliphatic hydroxyl groups excluding tert-OH is 1. The van der Waals surface area contributed by atoms with Crippen molar-refractivity contribution in [2.45, 2.75) is 12.0 Å². The molecule has 4 atom stereocenters. The molecule has 1 heterocycles. The van der Waals surface area contributed by atoms with Gasteiger partial charge in [-0.2, -0.15) is 0 Å². The number of aliphatic hydroxyl groups is 1. The molecule has 0 saturated carbocycles. The summed E-state index contributed by atoms with van der Waals surface area (Å²) >= 11 is 0. The minimum atomic E-state index is -0.915. The quantitative estimate of drug-likeness (QED) is 0.692. The van der Waals surface area contributed by atoms with Gasteiger partial charge in [0.25, 0.3) is 0 Å². The molecule has 8 nitrogen and oxygen atoms in total. The Morgan fingerprint density at radius 1 is 1.03 bits per heavy atom. The molecule has 4 rings (SSSR count). The van der Waals surface area contributed by atoms with Crippen LogP contribution in [0.4, 0.5) is 0 Å². The third-order valence-electron chi connectivity index (χ3n) is 5.89. The maximum atomic E-state index is 12.3. The van der Waals surface area contributed by atoms with Crippen LogP contribution >= 0.6 is 0 Å². The minimum absolute atomic E-state index is 0.0957. The lowest BCUT2D eigenvalue weighted by atomic mass is 9.65. The summed E-state index contributed by atoms with van der Waals surface area (Å²) in [5, 5.41) is 21.4. The topological polar surface area (TPSA) is 104 Å². The van der Waals surface area contributed by atoms with Gasteiger partial charge in [-0.3, -0.25) is 0 Å². The second-order valence-corrected chi connectivity index (χ2v) is 7.36. The fourth-order valence-electron chi connectivity index (χ4n) is 4.46. The zero-order valence-corrected chi connectivity index (χ0v) is 17.0. The molecule has 2 aromatic rings. The predicted molar refractivity (Wildman–Crippen MR) is 105 cm³/mol. The van der Waals surface area contributed by atoms with E-state index >= 15 is 0 Å². The fourth-order valence-corrected chi connectivity index (χ4v) is 4.46. The van der Waals surface area contributed by atoms with Gasteiger partial charge in [0.15, 0.2) is 23.0 Å². The Hall–Kier alpha value is -2.97. The molecule has 0 bridgehead atoms. The Bertz CT molecular complexity index is 931. The standard InChI is InChI=1S/C22H24O8/c1-26-9-15-14(8-23)20(11-4-18(27-2)22(25)19(5-11)28-3)12-6-16-17(30-10-29-16)7-13(12)21(15)24/h4-8,14-15,20-21,24-25H,9-10H2,1-3H3/t14-,15?,20?,21?/m0/s1. The number of fused-ring (bicyclic) bond motifs is 2. The first-order chi connectivity index (χ1) is 14.5. The summed E-state index contributed by atoms with van der Waals surface area (Å²) < 4.78 is 27.0. The molecule has 0 fully saturated rings. The number of aldehydes is 1. The molecule has 0 saturated heterocycles. The highest BCUT2D eigenvalue weighted by atomic mass is 16.7. The third-order valence-corrected chi connectivity index (χ3v) is 5.89. The number of methoxy groups -OCH3 is 3. The van der Waals surface area contributed by atoms with E-state index in [0.29, 0.717) is 22.6 Å². The Morgan fingerprint density at radius 2 is 1.63 bits per heavy atom. The van der Waals surface area contributed by atoms with E-state index in [2.05, 4.69) is 0 Å². The highest BCUT2D eigenvalue weighted by molar-refractivity contribution is 5.65. The van der Waals surface area contributed by atoms with Gasteiger partial charge >= 0.3 is 0 Å². The van der Waals surface area contributed by atoms with Gasteiger partial charge in [-0.1, -0.05) is 0 Å². The minimum Gasteiger partial charge on any atom is -0.502 e. The molecule has 0 spiro atoms. The third kappa shape index (κ3) is 3.12. The van der Waals surface area contributed by atoms with Crippen molar-refractivity contribution in [3.63, 3.8) is 0 Å². The lowest BCUT2D eigenvalue weighted by Gasteiger charge is -2.40. The molecular formula is C22H24O8. The second-order valence-electron chi connectivity index (χ2n) is 7.36. The Labute approximate surface area is 173 Å². The number of phenolic OH excluding ortho intramolecular Hbond substituents is 1. The maximum Gasteiger partial charge on any atom is 0.231 e. The monoisotopic (exact) mass is 416 g/mol. The first-order valence-electron chi connectivity index (χ1n) is 9.54. The number of carbonyl (C=O) groups excluding carboxylic acids is 1. The molecule has 1 aliphatic carbocycles. The highest BCUT2D eigenvalue weighted by Gasteiger charge is 2.44. The average molecular weight is 416 g/mol. The first-order valence-corrected chi connectivity index (χ1v) is 9.54. The van der Waals surface area contributed by atoms with Gasteiger partial charge < -0.3 is 38.7 Å². The van der Waals surface area contributed by atoms with Crippen LogP contribution in [0.25, 0.3) is 0 Å². The Morgan fingerprint density at radius 3 is 2.17 bits per heavy atom. The van der Waals surface area contributed by atoms with E-state index in [-0.39, 0.29) is 30.6 Å². The highest BCUT2D eigenvalue weighted by Crippen LogP contribution is 2.53. The number of benzene rings is 2. The fraction of sp³-hybridized carbons (Fsp3) is 0.409. The van der Waals surface area contributed by atoms with Crippen LogP contribution in [0.2, 0.25) is 0 Å². The molecule has 0 radical (unpaired) electrons. The number of ether oxygens (including phenoxy) is 5. The number of hydrogen-bond acceptors (Lipinski definition) is 8. The first kappa shape index (κ1) is 20.3. The van der Waals surface area contributed by atoms with Crippen molar-refractivity contribution in [1.82, 2.24) is 0 Å². The van der Waals surface area contributed by atoms with Crippen LogP contribution in [0.15, 0.2) is 24.3 Å². The van der Waals surface area contributed by atoms with Crippen molar-refractivity contribution < 1.29 is 38.7 Å². The zero-order valence-electron chi connectivity index (χ0n) is 17.0. The summed E-state index contributed by atoms with van der Waals surface area (Å²) in [5.74, 6) is -0.0773. The molecule has 8 heteroatoms. The van der Waals surface area contributed by atoms with Crippen molar-refractivity contribution >= 4 is 6.29 Å². The summed E-state index contributed by atoms with van der Waals surface area (Å²) in [7, 11) is 4.42. The van der Waals surface area contributed by atoms with Crippen LogP contribution in [0, 0.1) is 11.8 Å². The number of carbonyl (C=O) groups is 1. The van der Waals surface area contributed by atoms with Gasteiger partial charge in [-0.15, -0.1) is 0 Å². The van der Waals surface area contributed by atoms with Gasteiger partial charge in [0, 0.05) is 24.9 Å². The summed E-state index contributed by atoms with van der Waals surface area (Å²) in [5.41, 5.74) is 2.09. The average Bonchev–Trinajstić information content (AvgIpc) is 3.22. The van der Waals surface area contributed by atoms with E-state index in [4.69, 9.17) is 23.7 Å². The normalized spacial score (nSPS) is 24.3. The van der Waals surface area contributed by atoms with Crippen LogP contribution in [-0.2, 0) is 9.53 Å². The molecular weight excluding hydrogens is 392 g/mol. The number of rotatable bonds is 6. The Kier molecular flexibility index (Phi) is 5.44. The van der Waals surface area contributed by atoms with Gasteiger partial charge in [0.1, 0.15) is 6.29 Å². The van der Waals surface area contributed by atoms with Gasteiger partial charge in [-0.25, -0.2) is 0 Å². The van der Waals surface area contributed by atoms with Crippen molar-refractivity contribution in [3.8, 4) is 28.7 Å². The van der Waals surface area contributed by atoms with Crippen LogP contribution in [0.5, 0.6) is 28.7 Å². The molecule has 0 amide bonds. The number of aromatic hydroxyl groups is 1. The van der Waals surface area contributed by atoms with Gasteiger partial charge in [0.2, 0.25) is 12.5 Å². The lowest BCUT2D eigenvalue weighted by Crippen LogP contribution is -2.37. The van der Waals surface area contributed by atoms with Crippen molar-refractivity contribution in [2.75, 3.05) is 34.7 Å². The maximum absolute atomic E-state index is 12.3. The van der Waals surface area contributed by atoms with Crippen LogP contribution < -0.4 is 18.9 Å². The van der Waals surface area contributed by atoms with E-state index in [0.717, 1.165) is 11.8 Å². The van der Waals surface area contributed by atoms with E-state index in [9.17, 15) is 15.0 Å². The van der Waals surface area contributed by atoms with Crippen molar-refractivity contribution in [3.05, 3.63) is 41.0 Å². The molecule has 2 aromatic carbocycles. The van der Waals surface area contributed by atoms with Crippen LogP contribution in [0.3, 0.4) is 0 Å². The molecule has 0 aromatic heterocycles. The molecule has 3 unspecified atom stereocenters. The predicted octanol–water partition coefficient (Wildman–Crippen LogP) is 2.39. The molecule has 160 valence electrons. The summed E-state index contributed by atoms with van der Waals surface area (Å²) in [4.78, 5) is 12.3. The SMILES string of the molecule is COCC1C(O)c2cc3c(cc2C(c2cc(OC)c(O)c(OC)c2)[C@H]1C=O)OCO3. The second kappa shape index (κ2) is 8.04. The summed E-state index contributed by atoms with van der Waals surface area (Å²) in [6.45, 7) is 0.291. The molecule has 1 aliphatic heterocycles. The summed E-state index contributed by atoms with van der Waals surface area (Å²) in [6.07, 6.45) is -0.0708. The van der Waals surface area contributed by atoms with Crippen LogP contribution in [0.1, 0.15) is 28.7 Å². The lowest BCUT2D eigenvalue weighted by molar-refractivity contribution is -0.117. The van der Waals surface area contributed by atoms with E-state index in [1.54, 1.807) is 24.3 Å². The molecule has 30 heavy (non-hydrogen) atoms. The van der Waals surface area contributed by atoms with Crippen LogP contribution in [-0.4, -0.2) is 51.2 Å². The van der Waals surface area contributed by atoms with E-state index in [1.165, 1.54) is 21.3 Å². The van der Waals surface area contributed by atoms with Crippen molar-refractivity contribution in [1.29, 1.82) is 0 Å². The molecule has 2 aliphatic rings. The number of hydrogen-bond donors (Lipinski definition) is 2. The smallest absolute Gasteiger partial charge is 0.231 e. The summed E-state index contributed by atoms with van der Waals surface area (Å²) in [6, 6.07) is 6.91. The van der Waals surface area contributed by atoms with E-state index in [1.807, 2.05) is 0 Å². The Balaban J connectivity index is 1.95. The largest absolute Gasteiger partial charge is 0.502 e. The van der Waals surface area contributed by atoms with E-state index < -0.39 is 23.9 Å². The van der Waals surface area contributed by atoms with Gasteiger partial charge in [0.05, 0.1) is 26.9 Å². The van der Waals surface area contributed by atoms with Crippen molar-refractivity contribution in [2.24, 2.45) is 11.8 Å². The zero-order chi connectivity index (χ0) is 21.4. The number of phenols is 1. The molecule has 2 N–H and O–H groups in total. The van der Waals surface area contributed by atoms with Gasteiger partial charge in [-0.05, 0) is 41.0 Å².